The van der Waals surface area contributed by atoms with E-state index in [-0.39, 0.29) is 5.92 Å². The molecular weight excluding hydrogens is 374 g/mol. The summed E-state index contributed by atoms with van der Waals surface area (Å²) in [6.07, 6.45) is 12.7. The number of carbonyl (C=O) groups is 1. The van der Waals surface area contributed by atoms with Gasteiger partial charge in [0.05, 0.1) is 23.7 Å². The number of aromatic nitrogens is 2. The van der Waals surface area contributed by atoms with Crippen LogP contribution in [0, 0.1) is 17.2 Å². The van der Waals surface area contributed by atoms with E-state index in [0.717, 1.165) is 29.8 Å². The zero-order chi connectivity index (χ0) is 22.0. The number of nitriles is 1. The van der Waals surface area contributed by atoms with E-state index in [2.05, 4.69) is 23.0 Å². The number of unbranched alkanes of at least 4 members (excludes halogenated alkanes) is 5. The smallest absolute Gasteiger partial charge is 0.328 e. The fourth-order valence-electron chi connectivity index (χ4n) is 3.77. The van der Waals surface area contributed by atoms with Gasteiger partial charge in [-0.25, -0.2) is 0 Å². The van der Waals surface area contributed by atoms with Crippen LogP contribution in [-0.2, 0) is 16.6 Å². The van der Waals surface area contributed by atoms with E-state index in [1.54, 1.807) is 25.3 Å². The van der Waals surface area contributed by atoms with Gasteiger partial charge in [-0.2, -0.15) is 5.26 Å². The van der Waals surface area contributed by atoms with Crippen LogP contribution >= 0.6 is 0 Å². The fourth-order valence-corrected chi connectivity index (χ4v) is 3.77. The fraction of sp³-hybridized carbons (Fsp3) is 0.520. The van der Waals surface area contributed by atoms with Crippen molar-refractivity contribution >= 4 is 5.97 Å². The lowest BCUT2D eigenvalue weighted by atomic mass is 9.71. The number of aryl methyl sites for hydroxylation is 1. The van der Waals surface area contributed by atoms with Crippen molar-refractivity contribution in [2.75, 3.05) is 0 Å². The molecule has 0 radical (unpaired) electrons. The Labute approximate surface area is 180 Å². The number of benzene rings is 1. The summed E-state index contributed by atoms with van der Waals surface area (Å²) in [5.41, 5.74) is 1.56. The van der Waals surface area contributed by atoms with Gasteiger partial charge in [0.15, 0.2) is 5.41 Å². The summed E-state index contributed by atoms with van der Waals surface area (Å²) in [5, 5.41) is 19.5. The Hall–Kier alpha value is -2.74. The van der Waals surface area contributed by atoms with Crippen LogP contribution in [0.1, 0.15) is 77.0 Å². The molecule has 2 rings (SSSR count). The van der Waals surface area contributed by atoms with Crippen molar-refractivity contribution in [2.24, 2.45) is 5.92 Å². The lowest BCUT2D eigenvalue weighted by Crippen LogP contribution is -2.40. The quantitative estimate of drug-likeness (QED) is 0.440. The summed E-state index contributed by atoms with van der Waals surface area (Å²) in [6.45, 7) is 5.93. The van der Waals surface area contributed by atoms with Crippen molar-refractivity contribution in [3.8, 4) is 17.3 Å². The summed E-state index contributed by atoms with van der Waals surface area (Å²) >= 11 is 0. The van der Waals surface area contributed by atoms with Crippen LogP contribution < -0.4 is 0 Å². The molecular formula is C25H33N3O2. The number of carboxylic acids is 1. The van der Waals surface area contributed by atoms with E-state index in [9.17, 15) is 15.2 Å². The molecule has 1 heterocycles. The zero-order valence-corrected chi connectivity index (χ0v) is 18.4. The van der Waals surface area contributed by atoms with Crippen LogP contribution in [0.5, 0.6) is 0 Å². The van der Waals surface area contributed by atoms with Crippen molar-refractivity contribution in [1.29, 1.82) is 5.26 Å². The first-order valence-corrected chi connectivity index (χ1v) is 11.1. The van der Waals surface area contributed by atoms with Gasteiger partial charge in [0.25, 0.3) is 0 Å². The summed E-state index contributed by atoms with van der Waals surface area (Å²) in [7, 11) is 0. The average molecular weight is 408 g/mol. The predicted octanol–water partition coefficient (Wildman–Crippen LogP) is 5.94. The Balaban J connectivity index is 2.07. The molecule has 0 aliphatic heterocycles. The van der Waals surface area contributed by atoms with Gasteiger partial charge in [-0.3, -0.25) is 14.8 Å². The van der Waals surface area contributed by atoms with E-state index in [4.69, 9.17) is 0 Å². The van der Waals surface area contributed by atoms with E-state index in [0.29, 0.717) is 12.0 Å². The van der Waals surface area contributed by atoms with Gasteiger partial charge in [-0.1, -0.05) is 83.6 Å². The molecule has 1 aromatic carbocycles. The molecule has 0 saturated carbocycles. The highest BCUT2D eigenvalue weighted by Crippen LogP contribution is 2.35. The van der Waals surface area contributed by atoms with Gasteiger partial charge in [0, 0.05) is 11.8 Å². The number of aliphatic carboxylic acids is 1. The Bertz CT molecular complexity index is 840. The minimum absolute atomic E-state index is 0.299. The SMILES string of the molecule is CCCCCCCCc1cnc(-c2ccc(C(C#N)(C(=O)O)C(C)CC)cc2)cn1. The van der Waals surface area contributed by atoms with Crippen LogP contribution in [0.3, 0.4) is 0 Å². The molecule has 5 nitrogen and oxygen atoms in total. The predicted molar refractivity (Wildman–Crippen MR) is 119 cm³/mol. The molecule has 0 bridgehead atoms. The molecule has 2 unspecified atom stereocenters. The lowest BCUT2D eigenvalue weighted by molar-refractivity contribution is -0.143. The molecule has 2 aromatic rings. The van der Waals surface area contributed by atoms with E-state index in [1.807, 2.05) is 25.3 Å². The molecule has 30 heavy (non-hydrogen) atoms. The number of nitrogens with zero attached hydrogens (tertiary/aromatic N) is 3. The highest BCUT2D eigenvalue weighted by molar-refractivity contribution is 5.85. The summed E-state index contributed by atoms with van der Waals surface area (Å²) < 4.78 is 0. The maximum Gasteiger partial charge on any atom is 0.328 e. The molecule has 0 aliphatic carbocycles. The van der Waals surface area contributed by atoms with Crippen molar-refractivity contribution in [3.63, 3.8) is 0 Å². The van der Waals surface area contributed by atoms with Gasteiger partial charge in [-0.15, -0.1) is 0 Å². The highest BCUT2D eigenvalue weighted by Gasteiger charge is 2.45. The Morgan fingerprint density at radius 2 is 1.73 bits per heavy atom. The van der Waals surface area contributed by atoms with Crippen molar-refractivity contribution in [3.05, 3.63) is 47.9 Å². The molecule has 1 N–H and O–H groups in total. The summed E-state index contributed by atoms with van der Waals surface area (Å²) in [4.78, 5) is 21.0. The topological polar surface area (TPSA) is 86.9 Å². The number of hydrogen-bond donors (Lipinski definition) is 1. The van der Waals surface area contributed by atoms with E-state index >= 15 is 0 Å². The van der Waals surface area contributed by atoms with Crippen LogP contribution in [-0.4, -0.2) is 21.0 Å². The lowest BCUT2D eigenvalue weighted by Gasteiger charge is -2.28. The number of hydrogen-bond acceptors (Lipinski definition) is 4. The minimum atomic E-state index is -1.54. The number of rotatable bonds is 12. The first-order chi connectivity index (χ1) is 14.5. The van der Waals surface area contributed by atoms with Crippen molar-refractivity contribution in [1.82, 2.24) is 9.97 Å². The molecule has 0 aliphatic rings. The Morgan fingerprint density at radius 3 is 2.27 bits per heavy atom. The third kappa shape index (κ3) is 5.44. The minimum Gasteiger partial charge on any atom is -0.480 e. The molecule has 0 amide bonds. The molecule has 5 heteroatoms. The Kier molecular flexibility index (Phi) is 8.98. The third-order valence-corrected chi connectivity index (χ3v) is 5.99. The normalized spacial score (nSPS) is 13.9. The summed E-state index contributed by atoms with van der Waals surface area (Å²) in [6, 6.07) is 9.16. The number of carboxylic acid groups (broad SMARTS) is 1. The second-order valence-corrected chi connectivity index (χ2v) is 8.02. The van der Waals surface area contributed by atoms with Crippen LogP contribution in [0.2, 0.25) is 0 Å². The van der Waals surface area contributed by atoms with Gasteiger partial charge >= 0.3 is 5.97 Å². The second-order valence-electron chi connectivity index (χ2n) is 8.02. The van der Waals surface area contributed by atoms with Gasteiger partial charge in [0.2, 0.25) is 0 Å². The standard InChI is InChI=1S/C25H33N3O2/c1-4-6-7-8-9-10-11-22-16-28-23(17-27-22)20-12-14-21(15-13-20)25(18-26,24(29)30)19(3)5-2/h12-17,19H,4-11H2,1-3H3,(H,29,30). The molecule has 0 saturated heterocycles. The molecule has 160 valence electrons. The Morgan fingerprint density at radius 1 is 1.07 bits per heavy atom. The molecule has 0 spiro atoms. The van der Waals surface area contributed by atoms with Crippen LogP contribution in [0.25, 0.3) is 11.3 Å². The van der Waals surface area contributed by atoms with Gasteiger partial charge in [-0.05, 0) is 24.3 Å². The first kappa shape index (κ1) is 23.5. The van der Waals surface area contributed by atoms with Crippen LogP contribution in [0.4, 0.5) is 0 Å². The van der Waals surface area contributed by atoms with E-state index in [1.165, 1.54) is 32.1 Å². The second kappa shape index (κ2) is 11.4. The maximum absolute atomic E-state index is 12.0. The molecule has 2 atom stereocenters. The van der Waals surface area contributed by atoms with Crippen LogP contribution in [0.15, 0.2) is 36.7 Å². The molecule has 1 aromatic heterocycles. The largest absolute Gasteiger partial charge is 0.480 e. The third-order valence-electron chi connectivity index (χ3n) is 5.99. The summed E-state index contributed by atoms with van der Waals surface area (Å²) in [5.74, 6) is -1.40. The van der Waals surface area contributed by atoms with Gasteiger partial charge < -0.3 is 5.11 Å². The average Bonchev–Trinajstić information content (AvgIpc) is 2.77. The van der Waals surface area contributed by atoms with Crippen molar-refractivity contribution < 1.29 is 9.90 Å². The highest BCUT2D eigenvalue weighted by atomic mass is 16.4. The van der Waals surface area contributed by atoms with Crippen molar-refractivity contribution in [2.45, 2.75) is 77.6 Å². The molecule has 0 fully saturated rings. The van der Waals surface area contributed by atoms with Gasteiger partial charge in [0.1, 0.15) is 0 Å². The maximum atomic E-state index is 12.0. The van der Waals surface area contributed by atoms with E-state index < -0.39 is 11.4 Å². The zero-order valence-electron chi connectivity index (χ0n) is 18.4. The first-order valence-electron chi connectivity index (χ1n) is 11.1. The monoisotopic (exact) mass is 407 g/mol.